The van der Waals surface area contributed by atoms with Crippen molar-refractivity contribution >= 4 is 49.3 Å². The monoisotopic (exact) mass is 578 g/mol. The number of fused-ring (bicyclic) bond motifs is 7. The van der Waals surface area contributed by atoms with Gasteiger partial charge in [-0.25, -0.2) is 4.98 Å². The summed E-state index contributed by atoms with van der Waals surface area (Å²) < 4.78 is 4.50. The average Bonchev–Trinajstić information content (AvgIpc) is 3.63. The Labute approximate surface area is 258 Å². The summed E-state index contributed by atoms with van der Waals surface area (Å²) in [5, 5.41) is 4.22. The lowest BCUT2D eigenvalue weighted by Crippen LogP contribution is -2.07. The highest BCUT2D eigenvalue weighted by atomic mass is 15.2. The molecule has 0 radical (unpaired) electrons. The lowest BCUT2D eigenvalue weighted by molar-refractivity contribution is 0.953. The van der Waals surface area contributed by atoms with E-state index in [9.17, 15) is 0 Å². The number of aromatic nitrogens is 5. The van der Waals surface area contributed by atoms with Crippen LogP contribution in [-0.2, 0) is 0 Å². The molecule has 6 heteroatoms. The third-order valence-corrected chi connectivity index (χ3v) is 8.50. The van der Waals surface area contributed by atoms with Gasteiger partial charge in [0.05, 0.1) is 22.1 Å². The van der Waals surface area contributed by atoms with Crippen molar-refractivity contribution in [3.05, 3.63) is 146 Å². The Bertz CT molecular complexity index is 2470. The number of nitrogens with zero attached hydrogens (tertiary/aromatic N) is 5. The molecule has 6 aromatic carbocycles. The van der Waals surface area contributed by atoms with Gasteiger partial charge >= 0.3 is 0 Å². The summed E-state index contributed by atoms with van der Waals surface area (Å²) in [7, 11) is 0. The molecule has 0 bridgehead atoms. The first-order valence-corrected chi connectivity index (χ1v) is 14.9. The topological polar surface area (TPSA) is 74.5 Å². The molecule has 212 valence electrons. The van der Waals surface area contributed by atoms with E-state index >= 15 is 0 Å². The third-order valence-electron chi connectivity index (χ3n) is 8.50. The average molecular weight is 579 g/mol. The Morgan fingerprint density at radius 2 is 0.956 bits per heavy atom. The van der Waals surface area contributed by atoms with Crippen LogP contribution in [0.3, 0.4) is 0 Å². The maximum Gasteiger partial charge on any atom is 0.238 e. The Morgan fingerprint density at radius 1 is 0.444 bits per heavy atom. The second-order valence-corrected chi connectivity index (χ2v) is 11.1. The molecule has 0 unspecified atom stereocenters. The Balaban J connectivity index is 1.50. The molecule has 0 fully saturated rings. The summed E-state index contributed by atoms with van der Waals surface area (Å²) in [5.74, 6) is 1.74. The highest BCUT2D eigenvalue weighted by Crippen LogP contribution is 2.44. The zero-order valence-electron chi connectivity index (χ0n) is 24.2. The summed E-state index contributed by atoms with van der Waals surface area (Å²) in [6.07, 6.45) is 0. The van der Waals surface area contributed by atoms with Gasteiger partial charge in [0.15, 0.2) is 11.6 Å². The Kier molecular flexibility index (Phi) is 5.55. The first-order valence-electron chi connectivity index (χ1n) is 14.9. The normalized spacial score (nSPS) is 11.6. The molecule has 0 amide bonds. The van der Waals surface area contributed by atoms with Crippen molar-refractivity contribution in [2.45, 2.75) is 0 Å². The summed E-state index contributed by atoms with van der Waals surface area (Å²) in [5.41, 5.74) is 14.7. The van der Waals surface area contributed by atoms with Gasteiger partial charge in [0.2, 0.25) is 5.95 Å². The van der Waals surface area contributed by atoms with E-state index in [-0.39, 0.29) is 0 Å². The van der Waals surface area contributed by atoms with Crippen LogP contribution in [0.4, 0.5) is 5.69 Å². The van der Waals surface area contributed by atoms with E-state index in [1.165, 1.54) is 0 Å². The SMILES string of the molecule is Nc1cc2c3ccccc3n(-c3ccccc3)c2c2c1c1ccccc1n2-c1nc(-c2ccccc2)nc(-c2ccccc2)n1. The number of hydrogen-bond donors (Lipinski definition) is 1. The molecule has 0 saturated heterocycles. The number of nitrogens with two attached hydrogens (primary N) is 1. The molecule has 45 heavy (non-hydrogen) atoms. The number of para-hydroxylation sites is 3. The van der Waals surface area contributed by atoms with E-state index in [4.69, 9.17) is 20.7 Å². The minimum Gasteiger partial charge on any atom is -0.398 e. The van der Waals surface area contributed by atoms with Gasteiger partial charge in [0, 0.05) is 44.0 Å². The first kappa shape index (κ1) is 25.2. The van der Waals surface area contributed by atoms with Crippen LogP contribution in [0, 0.1) is 0 Å². The maximum absolute atomic E-state index is 6.98. The zero-order chi connectivity index (χ0) is 29.9. The fourth-order valence-corrected chi connectivity index (χ4v) is 6.58. The van der Waals surface area contributed by atoms with Gasteiger partial charge < -0.3 is 10.3 Å². The number of anilines is 1. The largest absolute Gasteiger partial charge is 0.398 e. The molecular formula is C39H26N6. The lowest BCUT2D eigenvalue weighted by Gasteiger charge is -2.13. The van der Waals surface area contributed by atoms with Crippen molar-refractivity contribution in [3.63, 3.8) is 0 Å². The first-order chi connectivity index (χ1) is 22.3. The van der Waals surface area contributed by atoms with Crippen molar-refractivity contribution in [1.82, 2.24) is 24.1 Å². The van der Waals surface area contributed by atoms with E-state index in [1.54, 1.807) is 0 Å². The number of rotatable bonds is 4. The number of hydrogen-bond acceptors (Lipinski definition) is 4. The van der Waals surface area contributed by atoms with Crippen molar-refractivity contribution in [3.8, 4) is 34.4 Å². The number of benzene rings is 6. The molecule has 6 nitrogen and oxygen atoms in total. The van der Waals surface area contributed by atoms with Crippen LogP contribution >= 0.6 is 0 Å². The minimum atomic E-state index is 0.533. The Morgan fingerprint density at radius 3 is 1.58 bits per heavy atom. The van der Waals surface area contributed by atoms with Crippen molar-refractivity contribution in [1.29, 1.82) is 0 Å². The molecule has 3 heterocycles. The molecule has 0 spiro atoms. The molecule has 0 aliphatic rings. The van der Waals surface area contributed by atoms with Gasteiger partial charge in [-0.15, -0.1) is 0 Å². The van der Waals surface area contributed by atoms with Crippen LogP contribution < -0.4 is 5.73 Å². The quantitative estimate of drug-likeness (QED) is 0.212. The summed E-state index contributed by atoms with van der Waals surface area (Å²) in [6.45, 7) is 0. The highest BCUT2D eigenvalue weighted by Gasteiger charge is 2.24. The predicted molar refractivity (Wildman–Crippen MR) is 184 cm³/mol. The lowest BCUT2D eigenvalue weighted by atomic mass is 10.1. The van der Waals surface area contributed by atoms with Gasteiger partial charge in [-0.2, -0.15) is 9.97 Å². The van der Waals surface area contributed by atoms with Crippen molar-refractivity contribution in [2.24, 2.45) is 0 Å². The molecule has 9 rings (SSSR count). The number of nitrogen functional groups attached to an aromatic ring is 1. The van der Waals surface area contributed by atoms with Crippen LogP contribution in [0.25, 0.3) is 78.0 Å². The summed E-state index contributed by atoms with van der Waals surface area (Å²) in [6, 6.07) is 49.6. The van der Waals surface area contributed by atoms with Crippen LogP contribution in [0.5, 0.6) is 0 Å². The fraction of sp³-hybridized carbons (Fsp3) is 0. The molecule has 0 atom stereocenters. The molecule has 9 aromatic rings. The molecule has 0 aliphatic carbocycles. The van der Waals surface area contributed by atoms with E-state index in [1.807, 2.05) is 66.7 Å². The molecule has 2 N–H and O–H groups in total. The maximum atomic E-state index is 6.98. The highest BCUT2D eigenvalue weighted by molar-refractivity contribution is 6.27. The van der Waals surface area contributed by atoms with Crippen LogP contribution in [-0.4, -0.2) is 24.1 Å². The second-order valence-electron chi connectivity index (χ2n) is 11.1. The summed E-state index contributed by atoms with van der Waals surface area (Å²) >= 11 is 0. The third kappa shape index (κ3) is 3.86. The van der Waals surface area contributed by atoms with Crippen molar-refractivity contribution in [2.75, 3.05) is 5.73 Å². The van der Waals surface area contributed by atoms with E-state index < -0.39 is 0 Å². The Hall–Kier alpha value is -6.27. The van der Waals surface area contributed by atoms with Gasteiger partial charge in [0.1, 0.15) is 0 Å². The second kappa shape index (κ2) is 9.89. The van der Waals surface area contributed by atoms with Crippen LogP contribution in [0.2, 0.25) is 0 Å². The van der Waals surface area contributed by atoms with Crippen molar-refractivity contribution < 1.29 is 0 Å². The van der Waals surface area contributed by atoms with Crippen LogP contribution in [0.1, 0.15) is 0 Å². The fourth-order valence-electron chi connectivity index (χ4n) is 6.58. The van der Waals surface area contributed by atoms with Crippen LogP contribution in [0.15, 0.2) is 146 Å². The van der Waals surface area contributed by atoms with Gasteiger partial charge in [-0.1, -0.05) is 115 Å². The predicted octanol–water partition coefficient (Wildman–Crippen LogP) is 8.98. The smallest absolute Gasteiger partial charge is 0.238 e. The summed E-state index contributed by atoms with van der Waals surface area (Å²) in [4.78, 5) is 15.3. The van der Waals surface area contributed by atoms with Gasteiger partial charge in [0.25, 0.3) is 0 Å². The van der Waals surface area contributed by atoms with E-state index in [0.717, 1.165) is 60.4 Å². The molecule has 0 saturated carbocycles. The van der Waals surface area contributed by atoms with Gasteiger partial charge in [-0.3, -0.25) is 4.57 Å². The molecule has 3 aromatic heterocycles. The van der Waals surface area contributed by atoms with E-state index in [0.29, 0.717) is 23.3 Å². The van der Waals surface area contributed by atoms with E-state index in [2.05, 4.69) is 88.0 Å². The van der Waals surface area contributed by atoms with Gasteiger partial charge in [-0.05, 0) is 30.3 Å². The zero-order valence-corrected chi connectivity index (χ0v) is 24.2. The minimum absolute atomic E-state index is 0.533. The molecule has 0 aliphatic heterocycles. The molecular weight excluding hydrogens is 552 g/mol. The standard InChI is InChI=1S/C39H26N6/c40-31-24-30-28-20-10-12-22-32(28)44(27-18-8-3-9-19-27)35(30)36-34(31)29-21-11-13-23-33(29)45(36)39-42-37(25-14-4-1-5-15-25)41-38(43-39)26-16-6-2-7-17-26/h1-24H,40H2.